The second-order valence-electron chi connectivity index (χ2n) is 5.44. The maximum absolute atomic E-state index is 12.8. The first kappa shape index (κ1) is 16.2. The molecular formula is C15H18N4O2S. The van der Waals surface area contributed by atoms with Crippen molar-refractivity contribution in [2.75, 3.05) is 0 Å². The Morgan fingerprint density at radius 2 is 2.18 bits per heavy atom. The standard InChI is InChI=1S/C15H18N4O2S/c1-8(2)13-18-14-10(9(3)11(22-14)12(17)20)15(21)19(13)7-5-4-6-16/h8H,4-5,7H2,1-3H3,(H2,17,20). The van der Waals surface area contributed by atoms with Crippen LogP contribution in [-0.4, -0.2) is 15.5 Å². The van der Waals surface area contributed by atoms with Crippen LogP contribution in [0.4, 0.5) is 0 Å². The first-order valence-corrected chi connectivity index (χ1v) is 7.90. The Hall–Kier alpha value is -2.20. The molecule has 22 heavy (non-hydrogen) atoms. The quantitative estimate of drug-likeness (QED) is 0.854. The second kappa shape index (κ2) is 6.28. The van der Waals surface area contributed by atoms with Crippen molar-refractivity contribution in [3.63, 3.8) is 0 Å². The van der Waals surface area contributed by atoms with Gasteiger partial charge in [-0.1, -0.05) is 13.8 Å². The Morgan fingerprint density at radius 3 is 2.73 bits per heavy atom. The van der Waals surface area contributed by atoms with Crippen LogP contribution < -0.4 is 11.3 Å². The minimum atomic E-state index is -0.540. The van der Waals surface area contributed by atoms with Crippen molar-refractivity contribution >= 4 is 27.5 Å². The Bertz CT molecular complexity index is 827. The molecule has 0 aromatic carbocycles. The lowest BCUT2D eigenvalue weighted by Gasteiger charge is -2.14. The largest absolute Gasteiger partial charge is 0.365 e. The van der Waals surface area contributed by atoms with E-state index in [2.05, 4.69) is 11.1 Å². The lowest BCUT2D eigenvalue weighted by molar-refractivity contribution is 0.100. The van der Waals surface area contributed by atoms with Crippen molar-refractivity contribution in [1.82, 2.24) is 9.55 Å². The topological polar surface area (TPSA) is 102 Å². The zero-order chi connectivity index (χ0) is 16.4. The van der Waals surface area contributed by atoms with E-state index in [0.29, 0.717) is 45.9 Å². The van der Waals surface area contributed by atoms with E-state index in [4.69, 9.17) is 11.0 Å². The maximum Gasteiger partial charge on any atom is 0.262 e. The highest BCUT2D eigenvalue weighted by Crippen LogP contribution is 2.28. The molecular weight excluding hydrogens is 300 g/mol. The number of fused-ring (bicyclic) bond motifs is 1. The summed E-state index contributed by atoms with van der Waals surface area (Å²) in [4.78, 5) is 29.8. The van der Waals surface area contributed by atoms with E-state index in [1.165, 1.54) is 0 Å². The molecule has 2 aromatic rings. The Morgan fingerprint density at radius 1 is 1.50 bits per heavy atom. The summed E-state index contributed by atoms with van der Waals surface area (Å²) in [6.07, 6.45) is 0.979. The highest BCUT2D eigenvalue weighted by Gasteiger charge is 2.21. The number of nitrogens with two attached hydrogens (primary N) is 1. The number of aromatic nitrogens is 2. The number of carbonyl (C=O) groups is 1. The zero-order valence-corrected chi connectivity index (χ0v) is 13.7. The Balaban J connectivity index is 2.71. The molecule has 6 nitrogen and oxygen atoms in total. The van der Waals surface area contributed by atoms with E-state index in [1.807, 2.05) is 13.8 Å². The fraction of sp³-hybridized carbons (Fsp3) is 0.467. The predicted molar refractivity (Wildman–Crippen MR) is 86.1 cm³/mol. The molecule has 0 radical (unpaired) electrons. The lowest BCUT2D eigenvalue weighted by atomic mass is 10.1. The molecule has 0 spiro atoms. The molecule has 0 bridgehead atoms. The molecule has 0 unspecified atom stereocenters. The number of nitrogens with zero attached hydrogens (tertiary/aromatic N) is 3. The van der Waals surface area contributed by atoms with Crippen LogP contribution in [0.3, 0.4) is 0 Å². The van der Waals surface area contributed by atoms with Gasteiger partial charge in [0, 0.05) is 18.9 Å². The van der Waals surface area contributed by atoms with Gasteiger partial charge in [-0.3, -0.25) is 14.2 Å². The summed E-state index contributed by atoms with van der Waals surface area (Å²) in [7, 11) is 0. The van der Waals surface area contributed by atoms with E-state index in [0.717, 1.165) is 11.3 Å². The number of hydrogen-bond donors (Lipinski definition) is 1. The number of unbranched alkanes of at least 4 members (excludes halogenated alkanes) is 1. The molecule has 116 valence electrons. The summed E-state index contributed by atoms with van der Waals surface area (Å²) in [5.74, 6) is 0.202. The van der Waals surface area contributed by atoms with E-state index >= 15 is 0 Å². The fourth-order valence-electron chi connectivity index (χ4n) is 2.44. The smallest absolute Gasteiger partial charge is 0.262 e. The third-order valence-electron chi connectivity index (χ3n) is 3.49. The van der Waals surface area contributed by atoms with Crippen molar-refractivity contribution in [3.05, 3.63) is 26.6 Å². The average Bonchev–Trinajstić information content (AvgIpc) is 2.78. The predicted octanol–water partition coefficient (Wildman–Crippen LogP) is 2.29. The molecule has 0 aliphatic heterocycles. The molecule has 7 heteroatoms. The average molecular weight is 318 g/mol. The van der Waals surface area contributed by atoms with Crippen LogP contribution in [0.2, 0.25) is 0 Å². The first-order chi connectivity index (χ1) is 10.4. The summed E-state index contributed by atoms with van der Waals surface area (Å²) < 4.78 is 1.62. The van der Waals surface area contributed by atoms with Crippen LogP contribution in [0.1, 0.15) is 53.7 Å². The zero-order valence-electron chi connectivity index (χ0n) is 12.8. The van der Waals surface area contributed by atoms with Gasteiger partial charge in [-0.2, -0.15) is 5.26 Å². The first-order valence-electron chi connectivity index (χ1n) is 7.09. The number of thiophene rings is 1. The van der Waals surface area contributed by atoms with Gasteiger partial charge in [0.2, 0.25) is 0 Å². The molecule has 0 atom stereocenters. The molecule has 2 aromatic heterocycles. The molecule has 0 aliphatic carbocycles. The third kappa shape index (κ3) is 2.74. The Kier molecular flexibility index (Phi) is 4.62. The van der Waals surface area contributed by atoms with E-state index in [9.17, 15) is 9.59 Å². The van der Waals surface area contributed by atoms with Crippen molar-refractivity contribution in [2.45, 2.75) is 46.1 Å². The summed E-state index contributed by atoms with van der Waals surface area (Å²) >= 11 is 1.16. The maximum atomic E-state index is 12.8. The van der Waals surface area contributed by atoms with Gasteiger partial charge < -0.3 is 5.73 Å². The monoisotopic (exact) mass is 318 g/mol. The van der Waals surface area contributed by atoms with Crippen molar-refractivity contribution in [1.29, 1.82) is 5.26 Å². The normalized spacial score (nSPS) is 11.0. The molecule has 0 fully saturated rings. The van der Waals surface area contributed by atoms with Crippen molar-refractivity contribution < 1.29 is 4.79 Å². The molecule has 0 saturated heterocycles. The van der Waals surface area contributed by atoms with Gasteiger partial charge in [0.1, 0.15) is 10.7 Å². The summed E-state index contributed by atoms with van der Waals surface area (Å²) in [5, 5.41) is 9.13. The number of rotatable bonds is 5. The van der Waals surface area contributed by atoms with Crippen LogP contribution in [0, 0.1) is 18.3 Å². The molecule has 2 N–H and O–H groups in total. The number of hydrogen-bond acceptors (Lipinski definition) is 5. The lowest BCUT2D eigenvalue weighted by Crippen LogP contribution is -2.26. The van der Waals surface area contributed by atoms with Crippen LogP contribution in [0.5, 0.6) is 0 Å². The Labute approximate surface area is 132 Å². The SMILES string of the molecule is Cc1c(C(N)=O)sc2nc(C(C)C)n(CCCC#N)c(=O)c12. The number of nitriles is 1. The number of amides is 1. The van der Waals surface area contributed by atoms with Crippen LogP contribution >= 0.6 is 11.3 Å². The molecule has 2 heterocycles. The minimum absolute atomic E-state index is 0.0682. The van der Waals surface area contributed by atoms with E-state index in [-0.39, 0.29) is 11.5 Å². The van der Waals surface area contributed by atoms with Crippen LogP contribution in [0.15, 0.2) is 4.79 Å². The van der Waals surface area contributed by atoms with Crippen molar-refractivity contribution in [2.24, 2.45) is 5.73 Å². The number of aryl methyl sites for hydroxylation is 1. The summed E-state index contributed by atoms with van der Waals surface area (Å²) in [5.41, 5.74) is 5.79. The van der Waals surface area contributed by atoms with Gasteiger partial charge in [0.05, 0.1) is 16.3 Å². The van der Waals surface area contributed by atoms with Gasteiger partial charge >= 0.3 is 0 Å². The highest BCUT2D eigenvalue weighted by atomic mass is 32.1. The van der Waals surface area contributed by atoms with Gasteiger partial charge in [-0.25, -0.2) is 4.98 Å². The molecule has 0 aliphatic rings. The van der Waals surface area contributed by atoms with Crippen LogP contribution in [-0.2, 0) is 6.54 Å². The van der Waals surface area contributed by atoms with Gasteiger partial charge in [0.25, 0.3) is 11.5 Å². The summed E-state index contributed by atoms with van der Waals surface area (Å²) in [6, 6.07) is 2.08. The number of primary amides is 1. The van der Waals surface area contributed by atoms with Gasteiger partial charge in [0.15, 0.2) is 0 Å². The third-order valence-corrected chi connectivity index (χ3v) is 4.69. The molecule has 1 amide bonds. The van der Waals surface area contributed by atoms with Crippen molar-refractivity contribution in [3.8, 4) is 6.07 Å². The van der Waals surface area contributed by atoms with E-state index in [1.54, 1.807) is 11.5 Å². The van der Waals surface area contributed by atoms with E-state index < -0.39 is 5.91 Å². The van der Waals surface area contributed by atoms with Gasteiger partial charge in [-0.15, -0.1) is 11.3 Å². The molecule has 0 saturated carbocycles. The second-order valence-corrected chi connectivity index (χ2v) is 6.44. The minimum Gasteiger partial charge on any atom is -0.365 e. The molecule has 2 rings (SSSR count). The van der Waals surface area contributed by atoms with Crippen LogP contribution in [0.25, 0.3) is 10.2 Å². The van der Waals surface area contributed by atoms with Gasteiger partial charge in [-0.05, 0) is 18.9 Å². The number of carbonyl (C=O) groups excluding carboxylic acids is 1. The highest BCUT2D eigenvalue weighted by molar-refractivity contribution is 7.20. The fourth-order valence-corrected chi connectivity index (χ4v) is 3.47. The summed E-state index contributed by atoms with van der Waals surface area (Å²) in [6.45, 7) is 6.09.